The van der Waals surface area contributed by atoms with Crippen molar-refractivity contribution in [2.24, 2.45) is 0 Å². The molecule has 2 heteroatoms. The highest BCUT2D eigenvalue weighted by atomic mass is 16.3. The Morgan fingerprint density at radius 3 is 2.93 bits per heavy atom. The molecule has 0 atom stereocenters. The number of aromatic nitrogens is 1. The molecule has 2 aromatic heterocycles. The van der Waals surface area contributed by atoms with Crippen LogP contribution in [0.5, 0.6) is 0 Å². The van der Waals surface area contributed by atoms with Crippen LogP contribution in [-0.2, 0) is 5.41 Å². The van der Waals surface area contributed by atoms with Crippen LogP contribution >= 0.6 is 0 Å². The number of furan rings is 1. The van der Waals surface area contributed by atoms with Crippen molar-refractivity contribution in [1.82, 2.24) is 4.98 Å². The van der Waals surface area contributed by atoms with Crippen molar-refractivity contribution >= 4 is 11.1 Å². The monoisotopic (exact) mass is 189 g/mol. The van der Waals surface area contributed by atoms with Crippen molar-refractivity contribution in [2.75, 3.05) is 0 Å². The van der Waals surface area contributed by atoms with Crippen molar-refractivity contribution in [1.29, 1.82) is 0 Å². The fraction of sp³-hybridized carbons (Fsp3) is 0.417. The van der Waals surface area contributed by atoms with Crippen LogP contribution in [0.2, 0.25) is 0 Å². The van der Waals surface area contributed by atoms with Gasteiger partial charge in [-0.2, -0.15) is 0 Å². The van der Waals surface area contributed by atoms with Gasteiger partial charge in [-0.1, -0.05) is 20.8 Å². The van der Waals surface area contributed by atoms with Gasteiger partial charge in [-0.25, -0.2) is 0 Å². The lowest BCUT2D eigenvalue weighted by atomic mass is 9.83. The zero-order valence-electron chi connectivity index (χ0n) is 8.87. The maximum Gasteiger partial charge on any atom is 0.152 e. The van der Waals surface area contributed by atoms with Gasteiger partial charge < -0.3 is 4.42 Å². The first-order chi connectivity index (χ1) is 6.65. The largest absolute Gasteiger partial charge is 0.462 e. The summed E-state index contributed by atoms with van der Waals surface area (Å²) in [6.07, 6.45) is 4.73. The average Bonchev–Trinajstić information content (AvgIpc) is 2.61. The summed E-state index contributed by atoms with van der Waals surface area (Å²) in [5.41, 5.74) is 3.22. The van der Waals surface area contributed by atoms with E-state index in [0.29, 0.717) is 0 Å². The lowest BCUT2D eigenvalue weighted by Gasteiger charge is -2.20. The van der Waals surface area contributed by atoms with Crippen LogP contribution in [0.15, 0.2) is 29.0 Å². The molecule has 0 aromatic carbocycles. The highest BCUT2D eigenvalue weighted by molar-refractivity contribution is 5.77. The molecule has 2 rings (SSSR count). The van der Waals surface area contributed by atoms with Crippen LogP contribution in [-0.4, -0.2) is 4.98 Å². The van der Waals surface area contributed by atoms with Crippen molar-refractivity contribution < 1.29 is 4.42 Å². The molecule has 0 aliphatic carbocycles. The van der Waals surface area contributed by atoms with E-state index in [1.807, 2.05) is 24.6 Å². The minimum atomic E-state index is 0.138. The molecule has 0 amide bonds. The highest BCUT2D eigenvalue weighted by Gasteiger charge is 2.23. The molecule has 0 fully saturated rings. The molecule has 0 saturated carbocycles. The molecule has 0 N–H and O–H groups in total. The molecule has 0 spiro atoms. The number of rotatable bonds is 2. The van der Waals surface area contributed by atoms with Gasteiger partial charge in [0.2, 0.25) is 0 Å². The van der Waals surface area contributed by atoms with E-state index in [-0.39, 0.29) is 5.41 Å². The molecule has 0 aliphatic heterocycles. The first-order valence-electron chi connectivity index (χ1n) is 4.98. The molecule has 0 aliphatic rings. The fourth-order valence-electron chi connectivity index (χ4n) is 1.54. The lowest BCUT2D eigenvalue weighted by molar-refractivity contribution is 0.495. The maximum absolute atomic E-state index is 5.47. The molecule has 0 radical (unpaired) electrons. The van der Waals surface area contributed by atoms with E-state index in [9.17, 15) is 0 Å². The Hall–Kier alpha value is -1.31. The second-order valence-corrected chi connectivity index (χ2v) is 4.24. The van der Waals surface area contributed by atoms with Crippen molar-refractivity contribution in [3.63, 3.8) is 0 Å². The third-order valence-corrected chi connectivity index (χ3v) is 2.94. The SMILES string of the molecule is CCC(C)(C)c1coc2cccnc12. The van der Waals surface area contributed by atoms with Crippen LogP contribution in [0.25, 0.3) is 11.1 Å². The van der Waals surface area contributed by atoms with Crippen molar-refractivity contribution in [3.05, 3.63) is 30.2 Å². The van der Waals surface area contributed by atoms with Gasteiger partial charge in [0.1, 0.15) is 5.52 Å². The van der Waals surface area contributed by atoms with Crippen molar-refractivity contribution in [2.45, 2.75) is 32.6 Å². The molecular formula is C12H15NO. The fourth-order valence-corrected chi connectivity index (χ4v) is 1.54. The normalized spacial score (nSPS) is 12.2. The topological polar surface area (TPSA) is 26.0 Å². The number of hydrogen-bond acceptors (Lipinski definition) is 2. The van der Waals surface area contributed by atoms with Crippen LogP contribution in [0.4, 0.5) is 0 Å². The predicted octanol–water partition coefficient (Wildman–Crippen LogP) is 3.52. The smallest absolute Gasteiger partial charge is 0.152 e. The third kappa shape index (κ3) is 1.31. The maximum atomic E-state index is 5.47. The molecule has 74 valence electrons. The van der Waals surface area contributed by atoms with Gasteiger partial charge in [-0.3, -0.25) is 4.98 Å². The number of fused-ring (bicyclic) bond motifs is 1. The van der Waals surface area contributed by atoms with E-state index in [0.717, 1.165) is 17.5 Å². The molecule has 14 heavy (non-hydrogen) atoms. The summed E-state index contributed by atoms with van der Waals surface area (Å²) in [6, 6.07) is 3.85. The van der Waals surface area contributed by atoms with Gasteiger partial charge in [0, 0.05) is 11.8 Å². The molecule has 0 unspecified atom stereocenters. The third-order valence-electron chi connectivity index (χ3n) is 2.94. The Morgan fingerprint density at radius 2 is 2.21 bits per heavy atom. The average molecular weight is 189 g/mol. The Bertz CT molecular complexity index is 442. The molecule has 2 heterocycles. The van der Waals surface area contributed by atoms with Gasteiger partial charge in [-0.05, 0) is 24.0 Å². The summed E-state index contributed by atoms with van der Waals surface area (Å²) >= 11 is 0. The van der Waals surface area contributed by atoms with Crippen LogP contribution in [0, 0.1) is 0 Å². The number of nitrogens with zero attached hydrogens (tertiary/aromatic N) is 1. The summed E-state index contributed by atoms with van der Waals surface area (Å²) in [5, 5.41) is 0. The second kappa shape index (κ2) is 3.12. The van der Waals surface area contributed by atoms with Gasteiger partial charge in [0.25, 0.3) is 0 Å². The van der Waals surface area contributed by atoms with E-state index in [2.05, 4.69) is 25.8 Å². The zero-order valence-corrected chi connectivity index (χ0v) is 8.87. The van der Waals surface area contributed by atoms with Crippen molar-refractivity contribution in [3.8, 4) is 0 Å². The summed E-state index contributed by atoms with van der Waals surface area (Å²) < 4.78 is 5.47. The molecular weight excluding hydrogens is 174 g/mol. The van der Waals surface area contributed by atoms with Crippen LogP contribution in [0.1, 0.15) is 32.8 Å². The minimum Gasteiger partial charge on any atom is -0.462 e. The van der Waals surface area contributed by atoms with E-state index in [1.54, 1.807) is 0 Å². The Morgan fingerprint density at radius 1 is 1.43 bits per heavy atom. The van der Waals surface area contributed by atoms with E-state index >= 15 is 0 Å². The van der Waals surface area contributed by atoms with Crippen LogP contribution < -0.4 is 0 Å². The van der Waals surface area contributed by atoms with Crippen LogP contribution in [0.3, 0.4) is 0 Å². The lowest BCUT2D eigenvalue weighted by Crippen LogP contribution is -2.14. The van der Waals surface area contributed by atoms with Gasteiger partial charge in [0.15, 0.2) is 5.58 Å². The predicted molar refractivity (Wildman–Crippen MR) is 57.3 cm³/mol. The van der Waals surface area contributed by atoms with E-state index < -0.39 is 0 Å². The molecule has 0 saturated heterocycles. The number of hydrogen-bond donors (Lipinski definition) is 0. The van der Waals surface area contributed by atoms with Gasteiger partial charge in [-0.15, -0.1) is 0 Å². The summed E-state index contributed by atoms with van der Waals surface area (Å²) in [4.78, 5) is 4.36. The van der Waals surface area contributed by atoms with E-state index in [4.69, 9.17) is 4.42 Å². The Kier molecular flexibility index (Phi) is 2.06. The summed E-state index contributed by atoms with van der Waals surface area (Å²) in [5.74, 6) is 0. The summed E-state index contributed by atoms with van der Waals surface area (Å²) in [6.45, 7) is 6.61. The molecule has 2 aromatic rings. The second-order valence-electron chi connectivity index (χ2n) is 4.24. The first-order valence-corrected chi connectivity index (χ1v) is 4.98. The highest BCUT2D eigenvalue weighted by Crippen LogP contribution is 2.32. The standard InChI is InChI=1S/C12H15NO/c1-4-12(2,3)9-8-14-10-6-5-7-13-11(9)10/h5-8H,4H2,1-3H3. The van der Waals surface area contributed by atoms with Gasteiger partial charge in [0.05, 0.1) is 6.26 Å². The minimum absolute atomic E-state index is 0.138. The Labute approximate surface area is 84.0 Å². The van der Waals surface area contributed by atoms with Gasteiger partial charge >= 0.3 is 0 Å². The summed E-state index contributed by atoms with van der Waals surface area (Å²) in [7, 11) is 0. The Balaban J connectivity index is 2.64. The zero-order chi connectivity index (χ0) is 10.2. The first kappa shape index (κ1) is 9.25. The molecule has 0 bridgehead atoms. The van der Waals surface area contributed by atoms with E-state index in [1.165, 1.54) is 5.56 Å². The number of pyridine rings is 1. The molecule has 2 nitrogen and oxygen atoms in total. The quantitative estimate of drug-likeness (QED) is 0.722.